The molecule has 0 aliphatic heterocycles. The van der Waals surface area contributed by atoms with Crippen LogP contribution in [0.25, 0.3) is 0 Å². The highest BCUT2D eigenvalue weighted by Gasteiger charge is 1.99. The number of hydrazine groups is 1. The van der Waals surface area contributed by atoms with Gasteiger partial charge in [-0.3, -0.25) is 5.01 Å². The molecular formula is C5H7N5. The first-order chi connectivity index (χ1) is 4.84. The Labute approximate surface area is 58.2 Å². The summed E-state index contributed by atoms with van der Waals surface area (Å²) in [6, 6.07) is 0. The van der Waals surface area contributed by atoms with Crippen LogP contribution in [0.15, 0.2) is 6.20 Å². The SMILES string of the molecule is C#CCN(N)c1cn[nH]n1. The molecule has 1 heterocycles. The second-order valence-electron chi connectivity index (χ2n) is 1.66. The van der Waals surface area contributed by atoms with Crippen LogP contribution in [-0.4, -0.2) is 22.0 Å². The molecule has 0 spiro atoms. The minimum atomic E-state index is 0.326. The molecular weight excluding hydrogens is 130 g/mol. The number of aromatic nitrogens is 3. The van der Waals surface area contributed by atoms with Gasteiger partial charge < -0.3 is 0 Å². The van der Waals surface area contributed by atoms with Gasteiger partial charge in [-0.25, -0.2) is 5.84 Å². The maximum Gasteiger partial charge on any atom is 0.185 e. The van der Waals surface area contributed by atoms with E-state index in [0.717, 1.165) is 0 Å². The lowest BCUT2D eigenvalue weighted by Gasteiger charge is -2.08. The van der Waals surface area contributed by atoms with Crippen molar-refractivity contribution in [2.45, 2.75) is 0 Å². The van der Waals surface area contributed by atoms with E-state index in [9.17, 15) is 0 Å². The largest absolute Gasteiger partial charge is 0.280 e. The molecule has 5 nitrogen and oxygen atoms in total. The number of hydrogen-bond acceptors (Lipinski definition) is 4. The first kappa shape index (κ1) is 6.58. The summed E-state index contributed by atoms with van der Waals surface area (Å²) in [5.41, 5.74) is 0. The van der Waals surface area contributed by atoms with Crippen molar-refractivity contribution >= 4 is 5.82 Å². The quantitative estimate of drug-likeness (QED) is 0.315. The van der Waals surface area contributed by atoms with Gasteiger partial charge in [0.05, 0.1) is 12.7 Å². The van der Waals surface area contributed by atoms with E-state index in [1.165, 1.54) is 11.2 Å². The molecule has 0 aromatic carbocycles. The summed E-state index contributed by atoms with van der Waals surface area (Å²) < 4.78 is 0. The molecule has 1 aromatic heterocycles. The van der Waals surface area contributed by atoms with Gasteiger partial charge in [-0.05, 0) is 0 Å². The zero-order valence-corrected chi connectivity index (χ0v) is 5.28. The molecule has 0 aliphatic carbocycles. The van der Waals surface area contributed by atoms with Crippen LogP contribution in [0.2, 0.25) is 0 Å². The summed E-state index contributed by atoms with van der Waals surface area (Å²) in [5.74, 6) is 8.33. The molecule has 3 N–H and O–H groups in total. The van der Waals surface area contributed by atoms with Gasteiger partial charge in [0.2, 0.25) is 0 Å². The predicted octanol–water partition coefficient (Wildman–Crippen LogP) is -0.882. The highest BCUT2D eigenvalue weighted by atomic mass is 15.5. The Balaban J connectivity index is 2.61. The molecule has 0 bridgehead atoms. The fourth-order valence-electron chi connectivity index (χ4n) is 0.513. The van der Waals surface area contributed by atoms with Crippen LogP contribution in [-0.2, 0) is 0 Å². The van der Waals surface area contributed by atoms with Crippen molar-refractivity contribution < 1.29 is 0 Å². The minimum absolute atomic E-state index is 0.326. The van der Waals surface area contributed by atoms with Crippen molar-refractivity contribution in [2.24, 2.45) is 5.84 Å². The third-order valence-electron chi connectivity index (χ3n) is 0.958. The first-order valence-corrected chi connectivity index (χ1v) is 2.66. The molecule has 0 saturated heterocycles. The number of H-pyrrole nitrogens is 1. The van der Waals surface area contributed by atoms with E-state index in [-0.39, 0.29) is 0 Å². The van der Waals surface area contributed by atoms with Gasteiger partial charge in [-0.15, -0.1) is 11.5 Å². The molecule has 52 valence electrons. The van der Waals surface area contributed by atoms with Crippen molar-refractivity contribution in [3.8, 4) is 12.3 Å². The van der Waals surface area contributed by atoms with E-state index in [2.05, 4.69) is 21.3 Å². The van der Waals surface area contributed by atoms with Crippen LogP contribution < -0.4 is 10.9 Å². The third-order valence-corrected chi connectivity index (χ3v) is 0.958. The molecule has 0 saturated carbocycles. The summed E-state index contributed by atoms with van der Waals surface area (Å²) in [4.78, 5) is 0. The predicted molar refractivity (Wildman–Crippen MR) is 36.7 cm³/mol. The second kappa shape index (κ2) is 2.85. The number of terminal acetylenes is 1. The molecule has 0 unspecified atom stereocenters. The lowest BCUT2D eigenvalue weighted by Crippen LogP contribution is -2.31. The Morgan fingerprint density at radius 2 is 2.70 bits per heavy atom. The van der Waals surface area contributed by atoms with Crippen LogP contribution in [0.4, 0.5) is 5.82 Å². The van der Waals surface area contributed by atoms with Crippen molar-refractivity contribution in [1.82, 2.24) is 15.4 Å². The van der Waals surface area contributed by atoms with Gasteiger partial charge in [0.25, 0.3) is 0 Å². The average molecular weight is 137 g/mol. The third kappa shape index (κ3) is 1.24. The van der Waals surface area contributed by atoms with Crippen LogP contribution in [0.5, 0.6) is 0 Å². The summed E-state index contributed by atoms with van der Waals surface area (Å²) in [6.07, 6.45) is 6.50. The summed E-state index contributed by atoms with van der Waals surface area (Å²) in [6.45, 7) is 0.326. The fraction of sp³-hybridized carbons (Fsp3) is 0.200. The Hall–Kier alpha value is -1.54. The topological polar surface area (TPSA) is 70.8 Å². The van der Waals surface area contributed by atoms with E-state index in [0.29, 0.717) is 12.4 Å². The van der Waals surface area contributed by atoms with Gasteiger partial charge in [-0.2, -0.15) is 10.3 Å². The summed E-state index contributed by atoms with van der Waals surface area (Å²) >= 11 is 0. The Morgan fingerprint density at radius 3 is 3.20 bits per heavy atom. The van der Waals surface area contributed by atoms with Crippen LogP contribution in [0.3, 0.4) is 0 Å². The van der Waals surface area contributed by atoms with Crippen molar-refractivity contribution in [3.05, 3.63) is 6.20 Å². The second-order valence-corrected chi connectivity index (χ2v) is 1.66. The van der Waals surface area contributed by atoms with Crippen LogP contribution >= 0.6 is 0 Å². The molecule has 1 aromatic rings. The van der Waals surface area contributed by atoms with Crippen molar-refractivity contribution in [1.29, 1.82) is 0 Å². The van der Waals surface area contributed by atoms with Crippen LogP contribution in [0, 0.1) is 12.3 Å². The lowest BCUT2D eigenvalue weighted by molar-refractivity contribution is 0.887. The highest BCUT2D eigenvalue weighted by molar-refractivity contribution is 5.33. The van der Waals surface area contributed by atoms with E-state index >= 15 is 0 Å². The molecule has 0 atom stereocenters. The maximum atomic E-state index is 5.42. The Bertz CT molecular complexity index is 221. The highest BCUT2D eigenvalue weighted by Crippen LogP contribution is 1.98. The van der Waals surface area contributed by atoms with E-state index < -0.39 is 0 Å². The van der Waals surface area contributed by atoms with Gasteiger partial charge in [0.15, 0.2) is 5.82 Å². The van der Waals surface area contributed by atoms with E-state index in [4.69, 9.17) is 12.3 Å². The number of hydrogen-bond donors (Lipinski definition) is 2. The summed E-state index contributed by atoms with van der Waals surface area (Å²) in [5, 5.41) is 11.0. The normalized spacial score (nSPS) is 8.80. The van der Waals surface area contributed by atoms with Gasteiger partial charge in [0, 0.05) is 0 Å². The standard InChI is InChI=1S/C5H7N5/c1-2-3-10(6)5-4-7-9-8-5/h1,4H,3,6H2,(H,7,8,9). The first-order valence-electron chi connectivity index (χ1n) is 2.66. The Morgan fingerprint density at radius 1 is 1.90 bits per heavy atom. The molecule has 10 heavy (non-hydrogen) atoms. The smallest absolute Gasteiger partial charge is 0.185 e. The Kier molecular flexibility index (Phi) is 1.87. The van der Waals surface area contributed by atoms with Crippen molar-refractivity contribution in [3.63, 3.8) is 0 Å². The number of nitrogens with one attached hydrogen (secondary N) is 1. The number of nitrogens with two attached hydrogens (primary N) is 1. The van der Waals surface area contributed by atoms with Gasteiger partial charge >= 0.3 is 0 Å². The average Bonchev–Trinajstić information content (AvgIpc) is 2.38. The van der Waals surface area contributed by atoms with E-state index in [1.807, 2.05) is 0 Å². The number of rotatable bonds is 2. The molecule has 0 radical (unpaired) electrons. The van der Waals surface area contributed by atoms with Gasteiger partial charge in [0.1, 0.15) is 0 Å². The monoisotopic (exact) mass is 137 g/mol. The van der Waals surface area contributed by atoms with Crippen LogP contribution in [0.1, 0.15) is 0 Å². The number of aromatic amines is 1. The van der Waals surface area contributed by atoms with Gasteiger partial charge in [-0.1, -0.05) is 5.92 Å². The fourth-order valence-corrected chi connectivity index (χ4v) is 0.513. The van der Waals surface area contributed by atoms with E-state index in [1.54, 1.807) is 0 Å². The molecule has 5 heteroatoms. The van der Waals surface area contributed by atoms with Crippen molar-refractivity contribution in [2.75, 3.05) is 11.6 Å². The number of anilines is 1. The minimum Gasteiger partial charge on any atom is -0.280 e. The molecule has 1 rings (SSSR count). The maximum absolute atomic E-state index is 5.42. The zero-order chi connectivity index (χ0) is 7.40. The lowest BCUT2D eigenvalue weighted by atomic mass is 10.6. The molecule has 0 aliphatic rings. The zero-order valence-electron chi connectivity index (χ0n) is 5.28. The number of nitrogens with zero attached hydrogens (tertiary/aromatic N) is 3. The molecule has 0 fully saturated rings. The summed E-state index contributed by atoms with van der Waals surface area (Å²) in [7, 11) is 0. The molecule has 0 amide bonds.